The lowest BCUT2D eigenvalue weighted by atomic mass is 9.98. The minimum atomic E-state index is -0.262. The maximum Gasteiger partial charge on any atom is 0.123 e. The lowest BCUT2D eigenvalue weighted by molar-refractivity contribution is 0.628. The summed E-state index contributed by atoms with van der Waals surface area (Å²) in [7, 11) is 0. The van der Waals surface area contributed by atoms with Gasteiger partial charge in [-0.25, -0.2) is 4.39 Å². The van der Waals surface area contributed by atoms with Crippen LogP contribution in [0.1, 0.15) is 0 Å². The molecule has 0 saturated heterocycles. The number of nitrogens with one attached hydrogen (secondary N) is 1. The van der Waals surface area contributed by atoms with E-state index in [1.54, 1.807) is 30.7 Å². The molecule has 0 saturated carbocycles. The first-order chi connectivity index (χ1) is 13.8. The van der Waals surface area contributed by atoms with E-state index in [0.29, 0.717) is 0 Å². The van der Waals surface area contributed by atoms with Crippen LogP contribution >= 0.6 is 0 Å². The van der Waals surface area contributed by atoms with Gasteiger partial charge in [0.1, 0.15) is 5.82 Å². The fraction of sp³-hybridized carbons (Fsp3) is 0. The Labute approximate surface area is 160 Å². The first kappa shape index (κ1) is 16.3. The Kier molecular flexibility index (Phi) is 3.91. The first-order valence-electron chi connectivity index (χ1n) is 8.89. The van der Waals surface area contributed by atoms with Crippen LogP contribution < -0.4 is 0 Å². The molecule has 3 heterocycles. The largest absolute Gasteiger partial charge is 0.277 e. The smallest absolute Gasteiger partial charge is 0.123 e. The molecule has 5 aromatic rings. The highest BCUT2D eigenvalue weighted by Gasteiger charge is 2.13. The van der Waals surface area contributed by atoms with Crippen LogP contribution in [0, 0.1) is 5.82 Å². The summed E-state index contributed by atoms with van der Waals surface area (Å²) in [4.78, 5) is 8.97. The van der Waals surface area contributed by atoms with E-state index in [2.05, 4.69) is 26.2 Å². The fourth-order valence-corrected chi connectivity index (χ4v) is 3.40. The third-order valence-electron chi connectivity index (χ3n) is 4.77. The van der Waals surface area contributed by atoms with Gasteiger partial charge in [-0.15, -0.1) is 0 Å². The predicted octanol–water partition coefficient (Wildman–Crippen LogP) is 5.49. The number of nitrogens with zero attached hydrogens (tertiary/aromatic N) is 3. The maximum atomic E-state index is 13.3. The molecule has 5 heteroatoms. The number of hydrogen-bond donors (Lipinski definition) is 1. The second-order valence-corrected chi connectivity index (χ2v) is 6.47. The average molecular weight is 366 g/mol. The highest BCUT2D eigenvalue weighted by atomic mass is 19.1. The molecule has 4 nitrogen and oxygen atoms in total. The van der Waals surface area contributed by atoms with Crippen molar-refractivity contribution >= 4 is 10.9 Å². The van der Waals surface area contributed by atoms with Crippen LogP contribution in [0.3, 0.4) is 0 Å². The van der Waals surface area contributed by atoms with Gasteiger partial charge in [0.05, 0.1) is 23.1 Å². The number of H-pyrrole nitrogens is 1. The number of halogens is 1. The van der Waals surface area contributed by atoms with Gasteiger partial charge in [-0.2, -0.15) is 5.10 Å². The monoisotopic (exact) mass is 366 g/mol. The molecule has 0 atom stereocenters. The summed E-state index contributed by atoms with van der Waals surface area (Å²) < 4.78 is 13.3. The molecule has 5 rings (SSSR count). The minimum absolute atomic E-state index is 0.262. The number of aromatic nitrogens is 4. The Hall–Kier alpha value is -3.86. The molecule has 2 aromatic carbocycles. The molecular weight excluding hydrogens is 351 g/mol. The molecule has 0 unspecified atom stereocenters. The van der Waals surface area contributed by atoms with Crippen LogP contribution in [0.4, 0.5) is 4.39 Å². The molecule has 0 spiro atoms. The molecule has 28 heavy (non-hydrogen) atoms. The molecule has 0 amide bonds. The van der Waals surface area contributed by atoms with E-state index in [4.69, 9.17) is 0 Å². The average Bonchev–Trinajstić information content (AvgIpc) is 3.24. The first-order valence-corrected chi connectivity index (χ1v) is 8.89. The summed E-state index contributed by atoms with van der Waals surface area (Å²) in [6, 6.07) is 20.3. The fourth-order valence-electron chi connectivity index (χ4n) is 3.40. The van der Waals surface area contributed by atoms with Crippen LogP contribution in [0.25, 0.3) is 44.5 Å². The van der Waals surface area contributed by atoms with Gasteiger partial charge < -0.3 is 0 Å². The zero-order chi connectivity index (χ0) is 18.9. The zero-order valence-corrected chi connectivity index (χ0v) is 14.8. The Morgan fingerprint density at radius 1 is 0.750 bits per heavy atom. The highest BCUT2D eigenvalue weighted by Crippen LogP contribution is 2.34. The second-order valence-electron chi connectivity index (χ2n) is 6.47. The van der Waals surface area contributed by atoms with Crippen molar-refractivity contribution in [2.45, 2.75) is 0 Å². The van der Waals surface area contributed by atoms with E-state index in [1.165, 1.54) is 12.1 Å². The predicted molar refractivity (Wildman–Crippen MR) is 108 cm³/mol. The Morgan fingerprint density at radius 3 is 2.43 bits per heavy atom. The maximum absolute atomic E-state index is 13.3. The summed E-state index contributed by atoms with van der Waals surface area (Å²) in [5.41, 5.74) is 6.51. The van der Waals surface area contributed by atoms with Crippen LogP contribution in [-0.2, 0) is 0 Å². The van der Waals surface area contributed by atoms with Crippen LogP contribution in [-0.4, -0.2) is 20.2 Å². The van der Waals surface area contributed by atoms with Crippen molar-refractivity contribution in [2.75, 3.05) is 0 Å². The van der Waals surface area contributed by atoms with Gasteiger partial charge in [0.2, 0.25) is 0 Å². The summed E-state index contributed by atoms with van der Waals surface area (Å²) in [6.07, 6.45) is 5.37. The van der Waals surface area contributed by atoms with Crippen LogP contribution in [0.15, 0.2) is 85.3 Å². The van der Waals surface area contributed by atoms with Crippen LogP contribution in [0.5, 0.6) is 0 Å². The van der Waals surface area contributed by atoms with Crippen molar-refractivity contribution in [1.29, 1.82) is 0 Å². The van der Waals surface area contributed by atoms with Crippen molar-refractivity contribution < 1.29 is 4.39 Å². The third kappa shape index (κ3) is 2.83. The minimum Gasteiger partial charge on any atom is -0.277 e. The van der Waals surface area contributed by atoms with E-state index in [1.807, 2.05) is 36.4 Å². The third-order valence-corrected chi connectivity index (χ3v) is 4.77. The zero-order valence-electron chi connectivity index (χ0n) is 14.8. The van der Waals surface area contributed by atoms with Gasteiger partial charge in [-0.05, 0) is 60.2 Å². The number of hydrogen-bond acceptors (Lipinski definition) is 3. The van der Waals surface area contributed by atoms with Crippen LogP contribution in [0.2, 0.25) is 0 Å². The van der Waals surface area contributed by atoms with Gasteiger partial charge in [-0.3, -0.25) is 15.1 Å². The van der Waals surface area contributed by atoms with Crippen molar-refractivity contribution in [1.82, 2.24) is 20.2 Å². The summed E-state index contributed by atoms with van der Waals surface area (Å²) in [6.45, 7) is 0. The Bertz CT molecular complexity index is 1260. The molecule has 134 valence electrons. The van der Waals surface area contributed by atoms with Crippen molar-refractivity contribution in [3.8, 4) is 33.6 Å². The van der Waals surface area contributed by atoms with Crippen molar-refractivity contribution in [3.05, 3.63) is 91.1 Å². The molecular formula is C23H15FN4. The SMILES string of the molecule is Fc1ccc(-c2[nH]ncc2-c2ccc3nccc(-c4ccccn4)c3c2)cc1. The molecule has 0 radical (unpaired) electrons. The van der Waals surface area contributed by atoms with E-state index < -0.39 is 0 Å². The summed E-state index contributed by atoms with van der Waals surface area (Å²) in [5, 5.41) is 8.26. The lowest BCUT2D eigenvalue weighted by Gasteiger charge is -2.09. The van der Waals surface area contributed by atoms with E-state index in [9.17, 15) is 4.39 Å². The van der Waals surface area contributed by atoms with E-state index in [-0.39, 0.29) is 5.82 Å². The lowest BCUT2D eigenvalue weighted by Crippen LogP contribution is -1.88. The number of aromatic amines is 1. The molecule has 3 aromatic heterocycles. The molecule has 1 N–H and O–H groups in total. The molecule has 0 fully saturated rings. The van der Waals surface area contributed by atoms with E-state index >= 15 is 0 Å². The van der Waals surface area contributed by atoms with Crippen molar-refractivity contribution in [3.63, 3.8) is 0 Å². The number of benzene rings is 2. The number of rotatable bonds is 3. The van der Waals surface area contributed by atoms with Crippen molar-refractivity contribution in [2.24, 2.45) is 0 Å². The normalized spacial score (nSPS) is 11.0. The van der Waals surface area contributed by atoms with Gasteiger partial charge in [0.25, 0.3) is 0 Å². The number of pyridine rings is 2. The van der Waals surface area contributed by atoms with E-state index in [0.717, 1.165) is 44.5 Å². The summed E-state index contributed by atoms with van der Waals surface area (Å²) >= 11 is 0. The van der Waals surface area contributed by atoms with Gasteiger partial charge in [0, 0.05) is 34.5 Å². The summed E-state index contributed by atoms with van der Waals surface area (Å²) in [5.74, 6) is -0.262. The number of fused-ring (bicyclic) bond motifs is 1. The molecule has 0 aliphatic rings. The second kappa shape index (κ2) is 6.70. The van der Waals surface area contributed by atoms with Gasteiger partial charge in [-0.1, -0.05) is 12.1 Å². The quantitative estimate of drug-likeness (QED) is 0.459. The highest BCUT2D eigenvalue weighted by molar-refractivity contribution is 5.97. The molecule has 0 aliphatic heterocycles. The van der Waals surface area contributed by atoms with Gasteiger partial charge in [0.15, 0.2) is 0 Å². The Balaban J connectivity index is 1.68. The standard InChI is InChI=1S/C23H15FN4/c24-17-7-4-15(5-8-17)23-20(14-27-28-23)16-6-9-22-19(13-16)18(10-12-26-22)21-3-1-2-11-25-21/h1-14H,(H,27,28). The molecule has 0 aliphatic carbocycles. The van der Waals surface area contributed by atoms with Gasteiger partial charge >= 0.3 is 0 Å². The topological polar surface area (TPSA) is 54.5 Å². The Morgan fingerprint density at radius 2 is 1.61 bits per heavy atom. The molecule has 0 bridgehead atoms.